The average Bonchev–Trinajstić information content (AvgIpc) is 2.27. The van der Waals surface area contributed by atoms with Crippen molar-refractivity contribution in [1.82, 2.24) is 5.32 Å². The van der Waals surface area contributed by atoms with Gasteiger partial charge in [-0.3, -0.25) is 4.79 Å². The highest BCUT2D eigenvalue weighted by atomic mass is 19.1. The molecule has 0 bridgehead atoms. The largest absolute Gasteiger partial charge is 0.496 e. The normalized spacial score (nSPS) is 14.1. The molecule has 2 N–H and O–H groups in total. The Hall–Kier alpha value is -1.62. The number of benzene rings is 1. The molecule has 1 aromatic rings. The minimum atomic E-state index is -1.01. The number of hydrogen-bond acceptors (Lipinski definition) is 3. The Kier molecular flexibility index (Phi) is 4.07. The monoisotopic (exact) mass is 241 g/mol. The van der Waals surface area contributed by atoms with Crippen LogP contribution < -0.4 is 10.1 Å². The molecule has 0 amide bonds. The van der Waals surface area contributed by atoms with Gasteiger partial charge in [-0.15, -0.1) is 0 Å². The van der Waals surface area contributed by atoms with E-state index in [2.05, 4.69) is 5.32 Å². The zero-order chi connectivity index (χ0) is 13.1. The molecule has 4 nitrogen and oxygen atoms in total. The molecule has 1 rings (SSSR count). The molecular weight excluding hydrogens is 225 g/mol. The summed E-state index contributed by atoms with van der Waals surface area (Å²) in [5.74, 6) is -1.15. The van der Waals surface area contributed by atoms with E-state index >= 15 is 0 Å². The number of halogens is 1. The maximum Gasteiger partial charge on any atom is 0.305 e. The first-order valence-corrected chi connectivity index (χ1v) is 5.18. The first kappa shape index (κ1) is 13.4. The van der Waals surface area contributed by atoms with Crippen LogP contribution in [0.5, 0.6) is 5.75 Å². The van der Waals surface area contributed by atoms with E-state index in [1.165, 1.54) is 19.2 Å². The fourth-order valence-electron chi connectivity index (χ4n) is 1.81. The van der Waals surface area contributed by atoms with E-state index in [1.54, 1.807) is 20.0 Å². The lowest BCUT2D eigenvalue weighted by Gasteiger charge is -2.29. The maximum atomic E-state index is 13.9. The molecule has 0 saturated heterocycles. The summed E-state index contributed by atoms with van der Waals surface area (Å²) in [6.07, 6.45) is -0.235. The summed E-state index contributed by atoms with van der Waals surface area (Å²) in [4.78, 5) is 10.9. The first-order valence-electron chi connectivity index (χ1n) is 5.18. The Morgan fingerprint density at radius 2 is 2.24 bits per heavy atom. The van der Waals surface area contributed by atoms with Gasteiger partial charge in [0.05, 0.1) is 24.6 Å². The molecule has 0 spiro atoms. The summed E-state index contributed by atoms with van der Waals surface area (Å²) in [7, 11) is 3.02. The van der Waals surface area contributed by atoms with Crippen molar-refractivity contribution in [3.63, 3.8) is 0 Å². The molecule has 1 atom stereocenters. The second-order valence-corrected chi connectivity index (χ2v) is 3.97. The second kappa shape index (κ2) is 5.14. The lowest BCUT2D eigenvalue weighted by Crippen LogP contribution is -2.40. The summed E-state index contributed by atoms with van der Waals surface area (Å²) >= 11 is 0. The molecule has 0 fully saturated rings. The summed E-state index contributed by atoms with van der Waals surface area (Å²) < 4.78 is 18.9. The number of carboxylic acids is 1. The predicted octanol–water partition coefficient (Wildman–Crippen LogP) is 1.74. The summed E-state index contributed by atoms with van der Waals surface area (Å²) in [6.45, 7) is 1.63. The van der Waals surface area contributed by atoms with Crippen LogP contribution in [0.2, 0.25) is 0 Å². The number of carbonyl (C=O) groups is 1. The number of hydrogen-bond donors (Lipinski definition) is 2. The third-order valence-corrected chi connectivity index (χ3v) is 2.80. The molecule has 0 radical (unpaired) electrons. The zero-order valence-electron chi connectivity index (χ0n) is 10.1. The summed E-state index contributed by atoms with van der Waals surface area (Å²) in [6, 6.07) is 4.42. The van der Waals surface area contributed by atoms with E-state index in [4.69, 9.17) is 9.84 Å². The van der Waals surface area contributed by atoms with Crippen LogP contribution in [0.3, 0.4) is 0 Å². The molecule has 17 heavy (non-hydrogen) atoms. The molecule has 0 aliphatic rings. The summed E-state index contributed by atoms with van der Waals surface area (Å²) in [5.41, 5.74) is -0.782. The fourth-order valence-corrected chi connectivity index (χ4v) is 1.81. The highest BCUT2D eigenvalue weighted by molar-refractivity contribution is 5.69. The number of carboxylic acid groups (broad SMARTS) is 1. The predicted molar refractivity (Wildman–Crippen MR) is 61.6 cm³/mol. The highest BCUT2D eigenvalue weighted by Crippen LogP contribution is 2.34. The number of aliphatic carboxylic acids is 1. The molecular formula is C12H16FNO3. The Labute approximate surface area is 99.4 Å². The topological polar surface area (TPSA) is 58.6 Å². The van der Waals surface area contributed by atoms with Crippen LogP contribution in [0, 0.1) is 5.82 Å². The van der Waals surface area contributed by atoms with Crippen molar-refractivity contribution in [2.45, 2.75) is 18.9 Å². The quantitative estimate of drug-likeness (QED) is 0.824. The van der Waals surface area contributed by atoms with E-state index < -0.39 is 17.3 Å². The van der Waals surface area contributed by atoms with Crippen LogP contribution in [0.25, 0.3) is 0 Å². The van der Waals surface area contributed by atoms with E-state index in [9.17, 15) is 9.18 Å². The highest BCUT2D eigenvalue weighted by Gasteiger charge is 2.33. The van der Waals surface area contributed by atoms with Gasteiger partial charge in [0.1, 0.15) is 11.6 Å². The van der Waals surface area contributed by atoms with Crippen molar-refractivity contribution in [2.24, 2.45) is 0 Å². The van der Waals surface area contributed by atoms with Crippen molar-refractivity contribution in [3.05, 3.63) is 29.6 Å². The van der Waals surface area contributed by atoms with Gasteiger partial charge in [0.25, 0.3) is 0 Å². The molecule has 0 saturated carbocycles. The van der Waals surface area contributed by atoms with Crippen molar-refractivity contribution < 1.29 is 19.0 Å². The van der Waals surface area contributed by atoms with E-state index in [0.717, 1.165) is 0 Å². The lowest BCUT2D eigenvalue weighted by molar-refractivity contribution is -0.138. The van der Waals surface area contributed by atoms with Crippen molar-refractivity contribution in [1.29, 1.82) is 0 Å². The third kappa shape index (κ3) is 2.74. The molecule has 0 aromatic heterocycles. The van der Waals surface area contributed by atoms with Gasteiger partial charge in [-0.1, -0.05) is 6.07 Å². The second-order valence-electron chi connectivity index (χ2n) is 3.97. The molecule has 1 aromatic carbocycles. The van der Waals surface area contributed by atoms with Gasteiger partial charge in [-0.05, 0) is 26.1 Å². The van der Waals surface area contributed by atoms with Gasteiger partial charge in [0, 0.05) is 0 Å². The Morgan fingerprint density at radius 1 is 1.59 bits per heavy atom. The fraction of sp³-hybridized carbons (Fsp3) is 0.417. The molecule has 0 aliphatic carbocycles. The van der Waals surface area contributed by atoms with Gasteiger partial charge in [-0.25, -0.2) is 4.39 Å². The van der Waals surface area contributed by atoms with E-state index in [-0.39, 0.29) is 12.0 Å². The molecule has 1 unspecified atom stereocenters. The van der Waals surface area contributed by atoms with Crippen LogP contribution in [-0.4, -0.2) is 25.2 Å². The maximum absolute atomic E-state index is 13.9. The van der Waals surface area contributed by atoms with Crippen LogP contribution in [-0.2, 0) is 10.3 Å². The van der Waals surface area contributed by atoms with Gasteiger partial charge in [0.2, 0.25) is 0 Å². The number of methoxy groups -OCH3 is 1. The number of ether oxygens (including phenoxy) is 1. The molecule has 5 heteroatoms. The van der Waals surface area contributed by atoms with Gasteiger partial charge in [-0.2, -0.15) is 0 Å². The van der Waals surface area contributed by atoms with Crippen LogP contribution in [0.4, 0.5) is 4.39 Å². The lowest BCUT2D eigenvalue weighted by atomic mass is 9.87. The minimum absolute atomic E-state index is 0.229. The minimum Gasteiger partial charge on any atom is -0.496 e. The van der Waals surface area contributed by atoms with Gasteiger partial charge >= 0.3 is 5.97 Å². The van der Waals surface area contributed by atoms with Crippen molar-refractivity contribution in [3.8, 4) is 5.75 Å². The standard InChI is InChI=1S/C12H16FNO3/c1-12(14-2,7-10(15)16)11-8(13)5-4-6-9(11)17-3/h4-6,14H,7H2,1-3H3,(H,15,16). The van der Waals surface area contributed by atoms with Gasteiger partial charge in [0.15, 0.2) is 0 Å². The first-order chi connectivity index (χ1) is 7.94. The average molecular weight is 241 g/mol. The number of rotatable bonds is 5. The van der Waals surface area contributed by atoms with Gasteiger partial charge < -0.3 is 15.2 Å². The zero-order valence-corrected chi connectivity index (χ0v) is 10.1. The molecule has 94 valence electrons. The SMILES string of the molecule is CNC(C)(CC(=O)O)c1c(F)cccc1OC. The van der Waals surface area contributed by atoms with Crippen molar-refractivity contribution >= 4 is 5.97 Å². The third-order valence-electron chi connectivity index (χ3n) is 2.80. The van der Waals surface area contributed by atoms with E-state index in [1.807, 2.05) is 0 Å². The van der Waals surface area contributed by atoms with Crippen molar-refractivity contribution in [2.75, 3.05) is 14.2 Å². The molecule has 0 heterocycles. The smallest absolute Gasteiger partial charge is 0.305 e. The number of nitrogens with one attached hydrogen (secondary N) is 1. The Balaban J connectivity index is 3.32. The molecule has 0 aliphatic heterocycles. The van der Waals surface area contributed by atoms with Crippen LogP contribution >= 0.6 is 0 Å². The van der Waals surface area contributed by atoms with Crippen LogP contribution in [0.15, 0.2) is 18.2 Å². The summed E-state index contributed by atoms with van der Waals surface area (Å²) in [5, 5.41) is 11.7. The van der Waals surface area contributed by atoms with E-state index in [0.29, 0.717) is 5.75 Å². The van der Waals surface area contributed by atoms with Crippen LogP contribution in [0.1, 0.15) is 18.9 Å². The Bertz CT molecular complexity index is 422. The Morgan fingerprint density at radius 3 is 2.71 bits per heavy atom.